The fourth-order valence-electron chi connectivity index (χ4n) is 2.44. The summed E-state index contributed by atoms with van der Waals surface area (Å²) in [6, 6.07) is 14.0. The van der Waals surface area contributed by atoms with E-state index in [0.717, 1.165) is 39.6 Å². The van der Waals surface area contributed by atoms with Gasteiger partial charge in [0.1, 0.15) is 5.82 Å². The van der Waals surface area contributed by atoms with Crippen molar-refractivity contribution in [2.75, 3.05) is 5.88 Å². The minimum absolute atomic E-state index is 0.545. The molecule has 3 aromatic rings. The zero-order valence-electron chi connectivity index (χ0n) is 11.1. The summed E-state index contributed by atoms with van der Waals surface area (Å²) in [6.07, 6.45) is 0.724. The average molecular weight is 305 g/mol. The predicted octanol–water partition coefficient (Wildman–Crippen LogP) is 4.77. The van der Waals surface area contributed by atoms with Gasteiger partial charge < -0.3 is 0 Å². The van der Waals surface area contributed by atoms with E-state index in [1.807, 2.05) is 37.3 Å². The van der Waals surface area contributed by atoms with E-state index < -0.39 is 0 Å². The van der Waals surface area contributed by atoms with Crippen molar-refractivity contribution in [3.05, 3.63) is 58.9 Å². The standard InChI is InChI=1S/C16H14Cl2N2/c1-11-12(18)5-4-8-14(11)20-15-7-3-2-6-13(15)19-16(20)9-10-17/h2-8H,9-10H2,1H3. The lowest BCUT2D eigenvalue weighted by atomic mass is 10.2. The van der Waals surface area contributed by atoms with Crippen LogP contribution < -0.4 is 0 Å². The van der Waals surface area contributed by atoms with Crippen LogP contribution in [0.4, 0.5) is 0 Å². The highest BCUT2D eigenvalue weighted by molar-refractivity contribution is 6.31. The number of hydrogen-bond donors (Lipinski definition) is 0. The molecule has 4 heteroatoms. The van der Waals surface area contributed by atoms with Crippen LogP contribution in [0, 0.1) is 6.92 Å². The monoisotopic (exact) mass is 304 g/mol. The van der Waals surface area contributed by atoms with E-state index >= 15 is 0 Å². The number of alkyl halides is 1. The molecule has 2 aromatic carbocycles. The number of aryl methyl sites for hydroxylation is 1. The molecular weight excluding hydrogens is 291 g/mol. The van der Waals surface area contributed by atoms with Gasteiger partial charge in [-0.05, 0) is 36.8 Å². The second kappa shape index (κ2) is 5.47. The Morgan fingerprint density at radius 2 is 1.90 bits per heavy atom. The van der Waals surface area contributed by atoms with E-state index in [9.17, 15) is 0 Å². The first-order chi connectivity index (χ1) is 9.72. The molecule has 0 spiro atoms. The lowest BCUT2D eigenvalue weighted by molar-refractivity contribution is 0.907. The Labute approximate surface area is 128 Å². The van der Waals surface area contributed by atoms with Crippen molar-refractivity contribution in [1.82, 2.24) is 9.55 Å². The number of imidazole rings is 1. The molecule has 0 aliphatic carbocycles. The van der Waals surface area contributed by atoms with Gasteiger partial charge in [-0.2, -0.15) is 0 Å². The molecule has 0 N–H and O–H groups in total. The first-order valence-corrected chi connectivity index (χ1v) is 7.41. The van der Waals surface area contributed by atoms with E-state index in [1.54, 1.807) is 0 Å². The topological polar surface area (TPSA) is 17.8 Å². The van der Waals surface area contributed by atoms with E-state index in [1.165, 1.54) is 0 Å². The fraction of sp³-hybridized carbons (Fsp3) is 0.188. The highest BCUT2D eigenvalue weighted by atomic mass is 35.5. The summed E-state index contributed by atoms with van der Waals surface area (Å²) in [4.78, 5) is 4.69. The fourth-order valence-corrected chi connectivity index (χ4v) is 2.77. The lowest BCUT2D eigenvalue weighted by Crippen LogP contribution is -2.04. The molecular formula is C16H14Cl2N2. The quantitative estimate of drug-likeness (QED) is 0.637. The zero-order chi connectivity index (χ0) is 14.1. The van der Waals surface area contributed by atoms with E-state index in [0.29, 0.717) is 5.88 Å². The molecule has 0 amide bonds. The Morgan fingerprint density at radius 3 is 2.70 bits per heavy atom. The summed E-state index contributed by atoms with van der Waals surface area (Å²) in [5.41, 5.74) is 4.17. The van der Waals surface area contributed by atoms with Crippen molar-refractivity contribution in [3.63, 3.8) is 0 Å². The molecule has 0 aliphatic heterocycles. The van der Waals surface area contributed by atoms with Crippen LogP contribution in [0.15, 0.2) is 42.5 Å². The third kappa shape index (κ3) is 2.19. The number of aromatic nitrogens is 2. The second-order valence-electron chi connectivity index (χ2n) is 4.68. The smallest absolute Gasteiger partial charge is 0.115 e. The molecule has 0 saturated heterocycles. The minimum Gasteiger partial charge on any atom is -0.296 e. The van der Waals surface area contributed by atoms with Crippen LogP contribution >= 0.6 is 23.2 Å². The van der Waals surface area contributed by atoms with Crippen LogP contribution in [0.1, 0.15) is 11.4 Å². The highest BCUT2D eigenvalue weighted by Gasteiger charge is 2.14. The molecule has 0 atom stereocenters. The molecule has 1 aromatic heterocycles. The Morgan fingerprint density at radius 1 is 1.10 bits per heavy atom. The van der Waals surface area contributed by atoms with Gasteiger partial charge >= 0.3 is 0 Å². The van der Waals surface area contributed by atoms with Crippen LogP contribution in [-0.4, -0.2) is 15.4 Å². The number of rotatable bonds is 3. The van der Waals surface area contributed by atoms with Gasteiger partial charge in [0.25, 0.3) is 0 Å². The van der Waals surface area contributed by atoms with Crippen molar-refractivity contribution < 1.29 is 0 Å². The van der Waals surface area contributed by atoms with Gasteiger partial charge in [0.05, 0.1) is 16.7 Å². The maximum absolute atomic E-state index is 6.25. The number of hydrogen-bond acceptors (Lipinski definition) is 1. The number of nitrogens with zero attached hydrogens (tertiary/aromatic N) is 2. The van der Waals surface area contributed by atoms with Gasteiger partial charge in [-0.3, -0.25) is 4.57 Å². The Balaban J connectivity index is 2.33. The third-order valence-corrected chi connectivity index (χ3v) is 4.03. The summed E-state index contributed by atoms with van der Waals surface area (Å²) in [5, 5.41) is 0.761. The molecule has 0 unspecified atom stereocenters. The summed E-state index contributed by atoms with van der Waals surface area (Å²) in [6.45, 7) is 2.02. The van der Waals surface area contributed by atoms with Crippen LogP contribution in [0.5, 0.6) is 0 Å². The first kappa shape index (κ1) is 13.5. The normalized spacial score (nSPS) is 11.2. The van der Waals surface area contributed by atoms with Gasteiger partial charge in [0.15, 0.2) is 0 Å². The average Bonchev–Trinajstić information content (AvgIpc) is 2.80. The molecule has 20 heavy (non-hydrogen) atoms. The van der Waals surface area contributed by atoms with Crippen molar-refractivity contribution in [2.45, 2.75) is 13.3 Å². The molecule has 0 fully saturated rings. The Hall–Kier alpha value is -1.51. The third-order valence-electron chi connectivity index (χ3n) is 3.43. The molecule has 3 rings (SSSR count). The van der Waals surface area contributed by atoms with Crippen molar-refractivity contribution in [3.8, 4) is 5.69 Å². The van der Waals surface area contributed by atoms with Crippen LogP contribution in [0.3, 0.4) is 0 Å². The second-order valence-corrected chi connectivity index (χ2v) is 5.46. The first-order valence-electron chi connectivity index (χ1n) is 6.50. The maximum atomic E-state index is 6.25. The maximum Gasteiger partial charge on any atom is 0.115 e. The lowest BCUT2D eigenvalue weighted by Gasteiger charge is -2.12. The Kier molecular flexibility index (Phi) is 3.68. The number of halogens is 2. The van der Waals surface area contributed by atoms with Crippen molar-refractivity contribution in [2.24, 2.45) is 0 Å². The zero-order valence-corrected chi connectivity index (χ0v) is 12.6. The number of benzene rings is 2. The predicted molar refractivity (Wildman–Crippen MR) is 85.2 cm³/mol. The van der Waals surface area contributed by atoms with Gasteiger partial charge in [0.2, 0.25) is 0 Å². The molecule has 0 aliphatic rings. The van der Waals surface area contributed by atoms with Gasteiger partial charge in [-0.15, -0.1) is 11.6 Å². The van der Waals surface area contributed by atoms with Crippen LogP contribution in [-0.2, 0) is 6.42 Å². The van der Waals surface area contributed by atoms with Gasteiger partial charge in [0, 0.05) is 17.3 Å². The number of fused-ring (bicyclic) bond motifs is 1. The van der Waals surface area contributed by atoms with E-state index in [4.69, 9.17) is 23.2 Å². The van der Waals surface area contributed by atoms with Gasteiger partial charge in [-0.1, -0.05) is 29.8 Å². The van der Waals surface area contributed by atoms with Crippen molar-refractivity contribution >= 4 is 34.2 Å². The van der Waals surface area contributed by atoms with E-state index in [-0.39, 0.29) is 0 Å². The molecule has 0 saturated carbocycles. The summed E-state index contributed by atoms with van der Waals surface area (Å²) in [5.74, 6) is 1.51. The Bertz CT molecular complexity index is 762. The number of para-hydroxylation sites is 2. The van der Waals surface area contributed by atoms with Crippen LogP contribution in [0.2, 0.25) is 5.02 Å². The largest absolute Gasteiger partial charge is 0.296 e. The molecule has 2 nitrogen and oxygen atoms in total. The molecule has 1 heterocycles. The molecule has 0 bridgehead atoms. The van der Waals surface area contributed by atoms with Gasteiger partial charge in [-0.25, -0.2) is 4.98 Å². The summed E-state index contributed by atoms with van der Waals surface area (Å²) < 4.78 is 2.15. The minimum atomic E-state index is 0.545. The summed E-state index contributed by atoms with van der Waals surface area (Å²) >= 11 is 12.2. The highest BCUT2D eigenvalue weighted by Crippen LogP contribution is 2.27. The SMILES string of the molecule is Cc1c(Cl)cccc1-n1c(CCCl)nc2ccccc21. The van der Waals surface area contributed by atoms with E-state index in [2.05, 4.69) is 21.7 Å². The molecule has 102 valence electrons. The van der Waals surface area contributed by atoms with Crippen molar-refractivity contribution in [1.29, 1.82) is 0 Å². The summed E-state index contributed by atoms with van der Waals surface area (Å²) in [7, 11) is 0. The van der Waals surface area contributed by atoms with Crippen LogP contribution in [0.25, 0.3) is 16.7 Å². The molecule has 0 radical (unpaired) electrons.